The molecule has 0 amide bonds. The first-order valence-corrected chi connectivity index (χ1v) is 5.95. The lowest BCUT2D eigenvalue weighted by Crippen LogP contribution is -2.24. The van der Waals surface area contributed by atoms with Gasteiger partial charge in [0.1, 0.15) is 0 Å². The average molecular weight is 234 g/mol. The summed E-state index contributed by atoms with van der Waals surface area (Å²) in [6.45, 7) is 3.77. The van der Waals surface area contributed by atoms with Crippen molar-refractivity contribution in [1.29, 1.82) is 0 Å². The molecule has 1 aromatic carbocycles. The SMILES string of the molecule is CCOC(=O)[C@@H]1CNC[C@H]1c1ccc(N)cc1. The number of nitrogen functional groups attached to an aromatic ring is 1. The Balaban J connectivity index is 2.14. The van der Waals surface area contributed by atoms with Gasteiger partial charge in [0.05, 0.1) is 12.5 Å². The van der Waals surface area contributed by atoms with E-state index in [0.29, 0.717) is 13.2 Å². The molecular weight excluding hydrogens is 216 g/mol. The average Bonchev–Trinajstić information content (AvgIpc) is 2.79. The van der Waals surface area contributed by atoms with Crippen molar-refractivity contribution in [3.8, 4) is 0 Å². The number of rotatable bonds is 3. The van der Waals surface area contributed by atoms with Gasteiger partial charge in [-0.2, -0.15) is 0 Å². The van der Waals surface area contributed by atoms with E-state index in [9.17, 15) is 4.79 Å². The highest BCUT2D eigenvalue weighted by atomic mass is 16.5. The van der Waals surface area contributed by atoms with Crippen LogP contribution in [-0.4, -0.2) is 25.7 Å². The molecule has 4 heteroatoms. The van der Waals surface area contributed by atoms with Crippen LogP contribution in [-0.2, 0) is 9.53 Å². The number of nitrogens with one attached hydrogen (secondary N) is 1. The lowest BCUT2D eigenvalue weighted by Gasteiger charge is -2.17. The molecule has 1 aromatic rings. The lowest BCUT2D eigenvalue weighted by atomic mass is 9.89. The lowest BCUT2D eigenvalue weighted by molar-refractivity contribution is -0.147. The molecule has 0 unspecified atom stereocenters. The normalized spacial score (nSPS) is 23.6. The Labute approximate surface area is 101 Å². The summed E-state index contributed by atoms with van der Waals surface area (Å²) in [6, 6.07) is 7.71. The van der Waals surface area contributed by atoms with Gasteiger partial charge in [-0.3, -0.25) is 4.79 Å². The fraction of sp³-hybridized carbons (Fsp3) is 0.462. The van der Waals surface area contributed by atoms with E-state index in [0.717, 1.165) is 17.8 Å². The van der Waals surface area contributed by atoms with Crippen molar-refractivity contribution in [2.24, 2.45) is 5.92 Å². The molecule has 1 heterocycles. The molecule has 0 aliphatic carbocycles. The molecule has 0 aromatic heterocycles. The quantitative estimate of drug-likeness (QED) is 0.608. The van der Waals surface area contributed by atoms with Gasteiger partial charge < -0.3 is 15.8 Å². The highest BCUT2D eigenvalue weighted by Gasteiger charge is 2.34. The number of esters is 1. The van der Waals surface area contributed by atoms with Gasteiger partial charge in [-0.1, -0.05) is 12.1 Å². The molecule has 0 spiro atoms. The van der Waals surface area contributed by atoms with Gasteiger partial charge in [-0.25, -0.2) is 0 Å². The fourth-order valence-corrected chi connectivity index (χ4v) is 2.27. The number of nitrogens with two attached hydrogens (primary N) is 1. The summed E-state index contributed by atoms with van der Waals surface area (Å²) < 4.78 is 5.10. The molecule has 0 saturated carbocycles. The van der Waals surface area contributed by atoms with Gasteiger partial charge in [0.15, 0.2) is 0 Å². The van der Waals surface area contributed by atoms with E-state index in [1.807, 2.05) is 31.2 Å². The van der Waals surface area contributed by atoms with Crippen LogP contribution >= 0.6 is 0 Å². The second-order valence-corrected chi connectivity index (χ2v) is 4.29. The first-order chi connectivity index (χ1) is 8.22. The van der Waals surface area contributed by atoms with Crippen LogP contribution in [0.25, 0.3) is 0 Å². The van der Waals surface area contributed by atoms with Crippen LogP contribution in [0.5, 0.6) is 0 Å². The zero-order chi connectivity index (χ0) is 12.3. The number of ether oxygens (including phenoxy) is 1. The Kier molecular flexibility index (Phi) is 3.64. The highest BCUT2D eigenvalue weighted by molar-refractivity contribution is 5.74. The van der Waals surface area contributed by atoms with Gasteiger partial charge in [0.25, 0.3) is 0 Å². The Morgan fingerprint density at radius 1 is 1.41 bits per heavy atom. The molecule has 0 radical (unpaired) electrons. The number of hydrogen-bond donors (Lipinski definition) is 2. The first-order valence-electron chi connectivity index (χ1n) is 5.95. The Bertz CT molecular complexity index is 389. The van der Waals surface area contributed by atoms with E-state index in [1.165, 1.54) is 0 Å². The first kappa shape index (κ1) is 11.9. The van der Waals surface area contributed by atoms with Crippen LogP contribution < -0.4 is 11.1 Å². The van der Waals surface area contributed by atoms with E-state index >= 15 is 0 Å². The minimum absolute atomic E-state index is 0.0847. The number of carbonyl (C=O) groups is 1. The third kappa shape index (κ3) is 2.58. The largest absolute Gasteiger partial charge is 0.466 e. The summed E-state index contributed by atoms with van der Waals surface area (Å²) in [7, 11) is 0. The van der Waals surface area contributed by atoms with Crippen LogP contribution in [0.4, 0.5) is 5.69 Å². The van der Waals surface area contributed by atoms with Crippen LogP contribution in [0, 0.1) is 5.92 Å². The van der Waals surface area contributed by atoms with Gasteiger partial charge >= 0.3 is 5.97 Å². The minimum Gasteiger partial charge on any atom is -0.466 e. The third-order valence-corrected chi connectivity index (χ3v) is 3.17. The number of benzene rings is 1. The Morgan fingerprint density at radius 3 is 2.76 bits per heavy atom. The summed E-state index contributed by atoms with van der Waals surface area (Å²) in [4.78, 5) is 11.8. The molecule has 4 nitrogen and oxygen atoms in total. The molecule has 1 aliphatic rings. The predicted octanol–water partition coefficient (Wildman–Crippen LogP) is 1.13. The molecule has 3 N–H and O–H groups in total. The highest BCUT2D eigenvalue weighted by Crippen LogP contribution is 2.29. The summed E-state index contributed by atoms with van der Waals surface area (Å²) in [5, 5.41) is 3.24. The van der Waals surface area contributed by atoms with E-state index in [4.69, 9.17) is 10.5 Å². The molecule has 0 bridgehead atoms. The minimum atomic E-state index is -0.112. The van der Waals surface area contributed by atoms with Crippen LogP contribution in [0.3, 0.4) is 0 Å². The smallest absolute Gasteiger partial charge is 0.310 e. The van der Waals surface area contributed by atoms with Crippen molar-refractivity contribution in [3.05, 3.63) is 29.8 Å². The topological polar surface area (TPSA) is 64.3 Å². The summed E-state index contributed by atoms with van der Waals surface area (Å²) in [5.41, 5.74) is 7.54. The molecule has 92 valence electrons. The van der Waals surface area contributed by atoms with E-state index < -0.39 is 0 Å². The molecule has 2 rings (SSSR count). The van der Waals surface area contributed by atoms with Gasteiger partial charge in [-0.15, -0.1) is 0 Å². The summed E-state index contributed by atoms with van der Waals surface area (Å²) >= 11 is 0. The molecule has 1 aliphatic heterocycles. The number of carbonyl (C=O) groups excluding carboxylic acids is 1. The maximum atomic E-state index is 11.8. The maximum Gasteiger partial charge on any atom is 0.310 e. The maximum absolute atomic E-state index is 11.8. The summed E-state index contributed by atoms with van der Waals surface area (Å²) in [5.74, 6) is -0.00690. The van der Waals surface area contributed by atoms with Crippen molar-refractivity contribution in [2.75, 3.05) is 25.4 Å². The van der Waals surface area contributed by atoms with Crippen molar-refractivity contribution in [2.45, 2.75) is 12.8 Å². The van der Waals surface area contributed by atoms with Crippen molar-refractivity contribution >= 4 is 11.7 Å². The number of hydrogen-bond acceptors (Lipinski definition) is 4. The molecular formula is C13H18N2O2. The van der Waals surface area contributed by atoms with Gasteiger partial charge in [-0.05, 0) is 24.6 Å². The molecule has 17 heavy (non-hydrogen) atoms. The zero-order valence-electron chi connectivity index (χ0n) is 9.98. The molecule has 2 atom stereocenters. The molecule has 1 saturated heterocycles. The third-order valence-electron chi connectivity index (χ3n) is 3.17. The predicted molar refractivity (Wildman–Crippen MR) is 66.6 cm³/mol. The van der Waals surface area contributed by atoms with Crippen LogP contribution in [0.2, 0.25) is 0 Å². The van der Waals surface area contributed by atoms with E-state index in [1.54, 1.807) is 0 Å². The monoisotopic (exact) mass is 234 g/mol. The standard InChI is InChI=1S/C13H18N2O2/c1-2-17-13(16)12-8-15-7-11(12)9-3-5-10(14)6-4-9/h3-6,11-12,15H,2,7-8,14H2,1H3/t11-,12+/m0/s1. The second-order valence-electron chi connectivity index (χ2n) is 4.29. The zero-order valence-corrected chi connectivity index (χ0v) is 9.98. The van der Waals surface area contributed by atoms with Crippen molar-refractivity contribution < 1.29 is 9.53 Å². The fourth-order valence-electron chi connectivity index (χ4n) is 2.27. The van der Waals surface area contributed by atoms with E-state index in [-0.39, 0.29) is 17.8 Å². The van der Waals surface area contributed by atoms with Crippen molar-refractivity contribution in [3.63, 3.8) is 0 Å². The Hall–Kier alpha value is -1.55. The van der Waals surface area contributed by atoms with E-state index in [2.05, 4.69) is 5.32 Å². The number of anilines is 1. The summed E-state index contributed by atoms with van der Waals surface area (Å²) in [6.07, 6.45) is 0. The van der Waals surface area contributed by atoms with Crippen molar-refractivity contribution in [1.82, 2.24) is 5.32 Å². The molecule has 1 fully saturated rings. The van der Waals surface area contributed by atoms with Gasteiger partial charge in [0.2, 0.25) is 0 Å². The second kappa shape index (κ2) is 5.19. The van der Waals surface area contributed by atoms with Crippen LogP contribution in [0.1, 0.15) is 18.4 Å². The van der Waals surface area contributed by atoms with Gasteiger partial charge in [0, 0.05) is 24.7 Å². The Morgan fingerprint density at radius 2 is 2.12 bits per heavy atom. The van der Waals surface area contributed by atoms with Crippen LogP contribution in [0.15, 0.2) is 24.3 Å².